The van der Waals surface area contributed by atoms with Crippen molar-refractivity contribution in [3.63, 3.8) is 0 Å². The fraction of sp³-hybridized carbons (Fsp3) is 0.385. The third kappa shape index (κ3) is 4.29. The van der Waals surface area contributed by atoms with Gasteiger partial charge < -0.3 is 5.32 Å². The van der Waals surface area contributed by atoms with Crippen LogP contribution >= 0.6 is 0 Å². The van der Waals surface area contributed by atoms with E-state index in [1.54, 1.807) is 32.1 Å². The van der Waals surface area contributed by atoms with Gasteiger partial charge in [0.05, 0.1) is 16.7 Å². The first kappa shape index (κ1) is 16.0. The van der Waals surface area contributed by atoms with Crippen LogP contribution in [0.1, 0.15) is 13.8 Å². The first-order valence-electron chi connectivity index (χ1n) is 6.48. The summed E-state index contributed by atoms with van der Waals surface area (Å²) in [6.07, 6.45) is 1.58. The van der Waals surface area contributed by atoms with Crippen LogP contribution in [-0.2, 0) is 19.9 Å². The van der Waals surface area contributed by atoms with Crippen LogP contribution in [0.2, 0.25) is 0 Å². The second-order valence-electron chi connectivity index (χ2n) is 5.21. The van der Waals surface area contributed by atoms with Gasteiger partial charge in [-0.1, -0.05) is 6.08 Å². The van der Waals surface area contributed by atoms with Crippen LogP contribution in [0.4, 0.5) is 5.69 Å². The molecule has 0 fully saturated rings. The molecule has 6 nitrogen and oxygen atoms in total. The van der Waals surface area contributed by atoms with Gasteiger partial charge in [0.1, 0.15) is 0 Å². The Bertz CT molecular complexity index is 735. The van der Waals surface area contributed by atoms with E-state index in [0.29, 0.717) is 5.69 Å². The molecule has 1 heterocycles. The van der Waals surface area contributed by atoms with Crippen LogP contribution in [0.5, 0.6) is 0 Å². The summed E-state index contributed by atoms with van der Waals surface area (Å²) in [5.74, 6) is 0.0158. The minimum Gasteiger partial charge on any atom is -0.378 e. The highest BCUT2D eigenvalue weighted by atomic mass is 32.2. The Morgan fingerprint density at radius 1 is 1.19 bits per heavy atom. The molecule has 1 aromatic carbocycles. The Hall–Kier alpha value is -1.38. The Morgan fingerprint density at radius 3 is 2.29 bits per heavy atom. The Kier molecular flexibility index (Phi) is 4.40. The van der Waals surface area contributed by atoms with E-state index in [1.807, 2.05) is 0 Å². The molecule has 1 aliphatic heterocycles. The molecule has 0 saturated carbocycles. The molecule has 0 aliphatic carbocycles. The molecule has 1 aromatic rings. The summed E-state index contributed by atoms with van der Waals surface area (Å²) in [7, 11) is -6.62. The van der Waals surface area contributed by atoms with E-state index in [9.17, 15) is 16.8 Å². The maximum absolute atomic E-state index is 12.0. The van der Waals surface area contributed by atoms with Crippen LogP contribution in [0, 0.1) is 0 Å². The number of hydrogen-bond donors (Lipinski definition) is 2. The van der Waals surface area contributed by atoms with Crippen LogP contribution in [0.3, 0.4) is 0 Å². The van der Waals surface area contributed by atoms with Crippen molar-refractivity contribution in [1.82, 2.24) is 4.72 Å². The Labute approximate surface area is 125 Å². The van der Waals surface area contributed by atoms with Gasteiger partial charge in [-0.2, -0.15) is 0 Å². The van der Waals surface area contributed by atoms with Gasteiger partial charge in [-0.05, 0) is 38.1 Å². The highest BCUT2D eigenvalue weighted by Gasteiger charge is 2.21. The molecule has 0 spiro atoms. The Balaban J connectivity index is 2.08. The van der Waals surface area contributed by atoms with Crippen LogP contribution in [0.15, 0.2) is 40.6 Å². The van der Waals surface area contributed by atoms with E-state index in [-0.39, 0.29) is 22.7 Å². The quantitative estimate of drug-likeness (QED) is 0.843. The number of benzene rings is 1. The van der Waals surface area contributed by atoms with Gasteiger partial charge in [0.25, 0.3) is 0 Å². The lowest BCUT2D eigenvalue weighted by Gasteiger charge is -2.13. The molecule has 2 N–H and O–H groups in total. The average Bonchev–Trinajstić information content (AvgIpc) is 2.68. The van der Waals surface area contributed by atoms with Gasteiger partial charge in [-0.3, -0.25) is 0 Å². The van der Waals surface area contributed by atoms with Crippen molar-refractivity contribution in [3.8, 4) is 0 Å². The summed E-state index contributed by atoms with van der Waals surface area (Å²) >= 11 is 0. The molecule has 0 bridgehead atoms. The molecular formula is C13H18N2O4S2. The third-order valence-corrected chi connectivity index (χ3v) is 5.91. The number of sulfonamides is 1. The van der Waals surface area contributed by atoms with Crippen molar-refractivity contribution >= 4 is 25.5 Å². The fourth-order valence-electron chi connectivity index (χ4n) is 1.99. The van der Waals surface area contributed by atoms with Crippen molar-refractivity contribution in [2.24, 2.45) is 0 Å². The van der Waals surface area contributed by atoms with Crippen LogP contribution in [0.25, 0.3) is 0 Å². The standard InChI is InChI=1S/C13H18N2O4S2/c1-10(2)15-21(18,19)13-5-3-11(4-6-13)14-12-7-8-20(16,17)9-12/h3-8,10,12,14-15H,9H2,1-2H3. The Morgan fingerprint density at radius 2 is 1.81 bits per heavy atom. The SMILES string of the molecule is CC(C)NS(=O)(=O)c1ccc(NC2C=CS(=O)(=O)C2)cc1. The molecule has 1 atom stereocenters. The first-order valence-corrected chi connectivity index (χ1v) is 9.68. The lowest BCUT2D eigenvalue weighted by molar-refractivity contribution is 0.570. The molecular weight excluding hydrogens is 312 g/mol. The van der Waals surface area contributed by atoms with E-state index < -0.39 is 19.9 Å². The molecule has 1 aliphatic rings. The van der Waals surface area contributed by atoms with Gasteiger partial charge >= 0.3 is 0 Å². The molecule has 8 heteroatoms. The van der Waals surface area contributed by atoms with Gasteiger partial charge in [-0.15, -0.1) is 0 Å². The second-order valence-corrected chi connectivity index (χ2v) is 8.85. The summed E-state index contributed by atoms with van der Waals surface area (Å²) in [5.41, 5.74) is 0.672. The van der Waals surface area contributed by atoms with E-state index in [1.165, 1.54) is 17.5 Å². The van der Waals surface area contributed by atoms with E-state index in [0.717, 1.165) is 0 Å². The minimum absolute atomic E-state index is 0.0158. The van der Waals surface area contributed by atoms with E-state index in [2.05, 4.69) is 10.0 Å². The maximum Gasteiger partial charge on any atom is 0.240 e. The molecule has 1 unspecified atom stereocenters. The number of anilines is 1. The summed E-state index contributed by atoms with van der Waals surface area (Å²) in [5, 5.41) is 4.23. The molecule has 21 heavy (non-hydrogen) atoms. The van der Waals surface area contributed by atoms with E-state index in [4.69, 9.17) is 0 Å². The molecule has 0 aromatic heterocycles. The monoisotopic (exact) mass is 330 g/mol. The van der Waals surface area contributed by atoms with Crippen LogP contribution in [-0.4, -0.2) is 34.7 Å². The molecule has 2 rings (SSSR count). The average molecular weight is 330 g/mol. The summed E-state index contributed by atoms with van der Waals surface area (Å²) < 4.78 is 49.0. The smallest absolute Gasteiger partial charge is 0.240 e. The van der Waals surface area contributed by atoms with Gasteiger partial charge in [-0.25, -0.2) is 21.6 Å². The summed E-state index contributed by atoms with van der Waals surface area (Å²) in [6, 6.07) is 5.75. The van der Waals surface area contributed by atoms with Crippen molar-refractivity contribution in [2.75, 3.05) is 11.1 Å². The molecule has 0 amide bonds. The minimum atomic E-state index is -3.51. The number of rotatable bonds is 5. The highest BCUT2D eigenvalue weighted by Crippen LogP contribution is 2.18. The zero-order valence-corrected chi connectivity index (χ0v) is 13.4. The number of nitrogens with one attached hydrogen (secondary N) is 2. The fourth-order valence-corrected chi connectivity index (χ4v) is 4.47. The maximum atomic E-state index is 12.0. The van der Waals surface area contributed by atoms with Crippen molar-refractivity contribution < 1.29 is 16.8 Å². The first-order chi connectivity index (χ1) is 9.68. The highest BCUT2D eigenvalue weighted by molar-refractivity contribution is 7.94. The largest absolute Gasteiger partial charge is 0.378 e. The summed E-state index contributed by atoms with van der Waals surface area (Å²) in [6.45, 7) is 3.50. The number of sulfone groups is 1. The van der Waals surface area contributed by atoms with Crippen molar-refractivity contribution in [1.29, 1.82) is 0 Å². The molecule has 0 saturated heterocycles. The van der Waals surface area contributed by atoms with Gasteiger partial charge in [0, 0.05) is 17.1 Å². The van der Waals surface area contributed by atoms with Gasteiger partial charge in [0.2, 0.25) is 10.0 Å². The molecule has 116 valence electrons. The number of hydrogen-bond acceptors (Lipinski definition) is 5. The lowest BCUT2D eigenvalue weighted by Crippen LogP contribution is -2.30. The zero-order valence-electron chi connectivity index (χ0n) is 11.8. The summed E-state index contributed by atoms with van der Waals surface area (Å²) in [4.78, 5) is 0.177. The van der Waals surface area contributed by atoms with Crippen molar-refractivity contribution in [3.05, 3.63) is 35.7 Å². The van der Waals surface area contributed by atoms with Crippen LogP contribution < -0.4 is 10.0 Å². The van der Waals surface area contributed by atoms with E-state index >= 15 is 0 Å². The second kappa shape index (κ2) is 5.78. The van der Waals surface area contributed by atoms with Gasteiger partial charge in [0.15, 0.2) is 9.84 Å². The zero-order chi connectivity index (χ0) is 15.7. The molecule has 0 radical (unpaired) electrons. The van der Waals surface area contributed by atoms with Crippen molar-refractivity contribution in [2.45, 2.75) is 30.8 Å². The predicted molar refractivity (Wildman–Crippen MR) is 82.2 cm³/mol. The third-order valence-electron chi connectivity index (χ3n) is 2.84. The topological polar surface area (TPSA) is 92.3 Å². The predicted octanol–water partition coefficient (Wildman–Crippen LogP) is 1.10. The lowest BCUT2D eigenvalue weighted by atomic mass is 10.2. The normalized spacial score (nSPS) is 20.8.